The molecule has 0 N–H and O–H groups in total. The molecule has 10 heteroatoms. The number of ether oxygens (including phenoxy) is 1. The van der Waals surface area contributed by atoms with Gasteiger partial charge in [-0.3, -0.25) is 9.59 Å². The molecule has 0 spiro atoms. The van der Waals surface area contributed by atoms with Crippen LogP contribution in [-0.2, 0) is 4.84 Å². The smallest absolute Gasteiger partial charge is 0.425 e. The molecule has 2 amide bonds. The molecule has 1 aromatic carbocycles. The first kappa shape index (κ1) is 19.3. The molecule has 0 aliphatic carbocycles. The Morgan fingerprint density at radius 2 is 1.64 bits per heavy atom. The highest BCUT2D eigenvalue weighted by molar-refractivity contribution is 6.21. The predicted molar refractivity (Wildman–Crippen MR) is 87.5 cm³/mol. The number of nitrogens with zero attached hydrogens (tertiary/aromatic N) is 2. The molecule has 7 nitrogen and oxygen atoms in total. The fraction of sp³-hybridized carbons (Fsp3) is 0.222. The molecule has 0 saturated heterocycles. The molecular formula is C18H13F3N2O5. The van der Waals surface area contributed by atoms with Gasteiger partial charge in [-0.2, -0.15) is 13.2 Å². The van der Waals surface area contributed by atoms with Crippen LogP contribution in [0.1, 0.15) is 43.7 Å². The number of hydroxylamine groups is 2. The predicted octanol–water partition coefficient (Wildman–Crippen LogP) is 3.09. The number of carbonyl (C=O) groups is 3. The Labute approximate surface area is 156 Å². The van der Waals surface area contributed by atoms with E-state index in [9.17, 15) is 27.6 Å². The summed E-state index contributed by atoms with van der Waals surface area (Å²) in [6.07, 6.45) is -6.66. The standard InChI is InChI=1S/C18H13F3N2O5/c1-9-11(7-8-14(22-9)27-10(2)18(19,20)21)17(26)28-23-15(24)12-5-3-4-6-13(12)16(23)25/h3-8,10H,1-2H3. The van der Waals surface area contributed by atoms with Crippen LogP contribution in [0.3, 0.4) is 0 Å². The zero-order valence-corrected chi connectivity index (χ0v) is 14.6. The Kier molecular flexibility index (Phi) is 4.80. The number of fused-ring (bicyclic) bond motifs is 1. The van der Waals surface area contributed by atoms with Crippen LogP contribution in [0.4, 0.5) is 13.2 Å². The van der Waals surface area contributed by atoms with E-state index < -0.39 is 30.1 Å². The largest absolute Gasteiger partial charge is 0.465 e. The van der Waals surface area contributed by atoms with Gasteiger partial charge in [0.25, 0.3) is 11.8 Å². The molecule has 1 atom stereocenters. The van der Waals surface area contributed by atoms with Gasteiger partial charge in [0, 0.05) is 6.07 Å². The number of rotatable bonds is 4. The maximum Gasteiger partial charge on any atom is 0.425 e. The van der Waals surface area contributed by atoms with Crippen molar-refractivity contribution in [3.63, 3.8) is 0 Å². The van der Waals surface area contributed by atoms with Gasteiger partial charge in [-0.1, -0.05) is 17.2 Å². The van der Waals surface area contributed by atoms with Gasteiger partial charge in [-0.05, 0) is 32.0 Å². The highest BCUT2D eigenvalue weighted by atomic mass is 19.4. The molecule has 1 aliphatic rings. The van der Waals surface area contributed by atoms with Crippen molar-refractivity contribution < 1.29 is 37.1 Å². The number of aromatic nitrogens is 1. The molecule has 146 valence electrons. The van der Waals surface area contributed by atoms with Crippen molar-refractivity contribution in [2.45, 2.75) is 26.1 Å². The van der Waals surface area contributed by atoms with E-state index in [1.807, 2.05) is 0 Å². The molecule has 0 fully saturated rings. The summed E-state index contributed by atoms with van der Waals surface area (Å²) in [6, 6.07) is 8.16. The number of alkyl halides is 3. The Morgan fingerprint density at radius 1 is 1.07 bits per heavy atom. The minimum atomic E-state index is -4.57. The molecule has 0 saturated carbocycles. The summed E-state index contributed by atoms with van der Waals surface area (Å²) in [7, 11) is 0. The van der Waals surface area contributed by atoms with Gasteiger partial charge in [0.05, 0.1) is 22.4 Å². The molecule has 3 rings (SSSR count). The fourth-order valence-electron chi connectivity index (χ4n) is 2.45. The van der Waals surface area contributed by atoms with E-state index in [-0.39, 0.29) is 28.3 Å². The van der Waals surface area contributed by atoms with E-state index in [1.165, 1.54) is 19.1 Å². The number of pyridine rings is 1. The minimum absolute atomic E-state index is 0.00786. The van der Waals surface area contributed by atoms with E-state index in [0.29, 0.717) is 5.06 Å². The molecule has 1 unspecified atom stereocenters. The molecule has 1 aromatic heterocycles. The molecule has 28 heavy (non-hydrogen) atoms. The van der Waals surface area contributed by atoms with E-state index >= 15 is 0 Å². The second kappa shape index (κ2) is 6.95. The maximum absolute atomic E-state index is 12.6. The van der Waals surface area contributed by atoms with Crippen molar-refractivity contribution in [1.82, 2.24) is 10.0 Å². The SMILES string of the molecule is Cc1nc(OC(C)C(F)(F)F)ccc1C(=O)ON1C(=O)c2ccccc2C1=O. The summed E-state index contributed by atoms with van der Waals surface area (Å²) in [6.45, 7) is 2.17. The van der Waals surface area contributed by atoms with Crippen molar-refractivity contribution in [2.24, 2.45) is 0 Å². The number of benzene rings is 1. The van der Waals surface area contributed by atoms with Crippen LogP contribution < -0.4 is 4.74 Å². The molecule has 1 aliphatic heterocycles. The van der Waals surface area contributed by atoms with E-state index in [2.05, 4.69) is 4.98 Å². The van der Waals surface area contributed by atoms with E-state index in [4.69, 9.17) is 9.57 Å². The van der Waals surface area contributed by atoms with E-state index in [1.54, 1.807) is 12.1 Å². The van der Waals surface area contributed by atoms with Crippen LogP contribution in [0.2, 0.25) is 0 Å². The van der Waals surface area contributed by atoms with Crippen molar-refractivity contribution in [3.8, 4) is 5.88 Å². The Morgan fingerprint density at radius 3 is 2.14 bits per heavy atom. The van der Waals surface area contributed by atoms with E-state index in [0.717, 1.165) is 19.1 Å². The second-order valence-corrected chi connectivity index (χ2v) is 5.91. The number of hydrogen-bond acceptors (Lipinski definition) is 6. The number of halogens is 3. The topological polar surface area (TPSA) is 85.8 Å². The lowest BCUT2D eigenvalue weighted by Gasteiger charge is -2.17. The average molecular weight is 394 g/mol. The zero-order chi connectivity index (χ0) is 20.6. The van der Waals surface area contributed by atoms with Crippen LogP contribution in [-0.4, -0.2) is 40.1 Å². The summed E-state index contributed by atoms with van der Waals surface area (Å²) < 4.78 is 42.4. The monoisotopic (exact) mass is 394 g/mol. The van der Waals surface area contributed by atoms with Crippen molar-refractivity contribution in [1.29, 1.82) is 0 Å². The quantitative estimate of drug-likeness (QED) is 0.741. The van der Waals surface area contributed by atoms with Crippen LogP contribution >= 0.6 is 0 Å². The Hall–Kier alpha value is -3.43. The first-order valence-electron chi connectivity index (χ1n) is 8.00. The van der Waals surface area contributed by atoms with Gasteiger partial charge in [0.2, 0.25) is 5.88 Å². The Balaban J connectivity index is 1.75. The Bertz CT molecular complexity index is 939. The molecule has 2 aromatic rings. The van der Waals surface area contributed by atoms with Gasteiger partial charge in [0.1, 0.15) is 0 Å². The van der Waals surface area contributed by atoms with Gasteiger partial charge in [-0.15, -0.1) is 0 Å². The maximum atomic E-state index is 12.6. The fourth-order valence-corrected chi connectivity index (χ4v) is 2.45. The molecular weight excluding hydrogens is 381 g/mol. The molecule has 0 bridgehead atoms. The minimum Gasteiger partial charge on any atom is -0.465 e. The van der Waals surface area contributed by atoms with Gasteiger partial charge < -0.3 is 9.57 Å². The van der Waals surface area contributed by atoms with Crippen LogP contribution in [0.15, 0.2) is 36.4 Å². The number of carbonyl (C=O) groups excluding carboxylic acids is 3. The van der Waals surface area contributed by atoms with Crippen LogP contribution in [0.5, 0.6) is 5.88 Å². The van der Waals surface area contributed by atoms with Crippen molar-refractivity contribution >= 4 is 17.8 Å². The normalized spacial score (nSPS) is 14.7. The summed E-state index contributed by atoms with van der Waals surface area (Å²) in [4.78, 5) is 45.4. The third-order valence-electron chi connectivity index (χ3n) is 3.97. The lowest BCUT2D eigenvalue weighted by atomic mass is 10.1. The van der Waals surface area contributed by atoms with Crippen LogP contribution in [0, 0.1) is 6.92 Å². The van der Waals surface area contributed by atoms with Crippen LogP contribution in [0.25, 0.3) is 0 Å². The summed E-state index contributed by atoms with van der Waals surface area (Å²) in [5.74, 6) is -2.98. The molecule has 2 heterocycles. The van der Waals surface area contributed by atoms with Crippen molar-refractivity contribution in [3.05, 3.63) is 58.8 Å². The lowest BCUT2D eigenvalue weighted by molar-refractivity contribution is -0.190. The highest BCUT2D eigenvalue weighted by Crippen LogP contribution is 2.26. The summed E-state index contributed by atoms with van der Waals surface area (Å²) >= 11 is 0. The third-order valence-corrected chi connectivity index (χ3v) is 3.97. The summed E-state index contributed by atoms with van der Waals surface area (Å²) in [5, 5.41) is 0.336. The third kappa shape index (κ3) is 3.53. The lowest BCUT2D eigenvalue weighted by Crippen LogP contribution is -2.33. The highest BCUT2D eigenvalue weighted by Gasteiger charge is 2.40. The average Bonchev–Trinajstić information content (AvgIpc) is 2.86. The number of amides is 2. The number of aryl methyl sites for hydroxylation is 1. The zero-order valence-electron chi connectivity index (χ0n) is 14.6. The van der Waals surface area contributed by atoms with Crippen molar-refractivity contribution in [2.75, 3.05) is 0 Å². The second-order valence-electron chi connectivity index (χ2n) is 5.91. The van der Waals surface area contributed by atoms with Gasteiger partial charge >= 0.3 is 12.1 Å². The first-order chi connectivity index (χ1) is 13.1. The first-order valence-corrected chi connectivity index (χ1v) is 8.00. The number of hydrogen-bond donors (Lipinski definition) is 0. The van der Waals surface area contributed by atoms with Gasteiger partial charge in [-0.25, -0.2) is 9.78 Å². The summed E-state index contributed by atoms with van der Waals surface area (Å²) in [5.41, 5.74) is 0.0668. The van der Waals surface area contributed by atoms with Gasteiger partial charge in [0.15, 0.2) is 6.10 Å². The number of imide groups is 1. The molecule has 0 radical (unpaired) electrons.